The lowest BCUT2D eigenvalue weighted by Gasteiger charge is -2.13. The highest BCUT2D eigenvalue weighted by molar-refractivity contribution is 6.14. The van der Waals surface area contributed by atoms with Crippen molar-refractivity contribution in [2.45, 2.75) is 39.2 Å². The molecule has 1 aliphatic rings. The highest BCUT2D eigenvalue weighted by Gasteiger charge is 2.29. The van der Waals surface area contributed by atoms with Gasteiger partial charge in [0.1, 0.15) is 11.4 Å². The van der Waals surface area contributed by atoms with E-state index in [0.717, 1.165) is 40.3 Å². The van der Waals surface area contributed by atoms with E-state index in [1.807, 2.05) is 47.3 Å². The van der Waals surface area contributed by atoms with Gasteiger partial charge in [-0.15, -0.1) is 5.10 Å². The lowest BCUT2D eigenvalue weighted by molar-refractivity contribution is 0.416. The summed E-state index contributed by atoms with van der Waals surface area (Å²) in [5.74, 6) is 1.21. The molecule has 0 saturated carbocycles. The first-order valence-electron chi connectivity index (χ1n) is 11.1. The number of aliphatic imine (C=N–C) groups is 1. The Bertz CT molecular complexity index is 1230. The van der Waals surface area contributed by atoms with Crippen LogP contribution in [-0.2, 0) is 6.42 Å². The third kappa shape index (κ3) is 4.96. The zero-order chi connectivity index (χ0) is 23.4. The molecule has 168 valence electrons. The summed E-state index contributed by atoms with van der Waals surface area (Å²) in [7, 11) is 1.64. The Morgan fingerprint density at radius 1 is 1.21 bits per heavy atom. The molecule has 0 radical (unpaired) electrons. The van der Waals surface area contributed by atoms with E-state index in [1.54, 1.807) is 19.2 Å². The maximum Gasteiger partial charge on any atom is 0.187 e. The van der Waals surface area contributed by atoms with Gasteiger partial charge in [-0.05, 0) is 42.0 Å². The number of para-hydroxylation sites is 2. The minimum Gasteiger partial charge on any atom is -0.494 e. The van der Waals surface area contributed by atoms with Crippen LogP contribution >= 0.6 is 0 Å². The quantitative estimate of drug-likeness (QED) is 0.394. The molecular formula is C26H28N6O. The lowest BCUT2D eigenvalue weighted by Crippen LogP contribution is -2.10. The van der Waals surface area contributed by atoms with Crippen molar-refractivity contribution >= 4 is 17.1 Å². The molecule has 4 rings (SSSR count). The maximum absolute atomic E-state index is 7.25. The predicted octanol–water partition coefficient (Wildman–Crippen LogP) is 5.40. The standard InChI is InChI=1S/C26H28N6O/c1-17(2)13-20-16-32(31-30-20)21-14-22(23(27)15-21)26(18-9-11-19(28-3)12-10-18)29-24-7-5-6-8-25(24)33-4/h5-12,16-17,21H,13-15,27H2,1-2,4H3/t21-/m0/s1. The highest BCUT2D eigenvalue weighted by Crippen LogP contribution is 2.37. The molecule has 0 fully saturated rings. The van der Waals surface area contributed by atoms with Crippen LogP contribution in [0.15, 0.2) is 71.0 Å². The fourth-order valence-electron chi connectivity index (χ4n) is 4.10. The number of hydrogen-bond acceptors (Lipinski definition) is 5. The van der Waals surface area contributed by atoms with Crippen molar-refractivity contribution in [1.82, 2.24) is 15.0 Å². The third-order valence-electron chi connectivity index (χ3n) is 5.71. The topological polar surface area (TPSA) is 82.7 Å². The minimum atomic E-state index is 0.0961. The van der Waals surface area contributed by atoms with Gasteiger partial charge in [-0.2, -0.15) is 0 Å². The molecule has 33 heavy (non-hydrogen) atoms. The van der Waals surface area contributed by atoms with Gasteiger partial charge in [-0.3, -0.25) is 0 Å². The van der Waals surface area contributed by atoms with Crippen molar-refractivity contribution in [2.75, 3.05) is 7.11 Å². The minimum absolute atomic E-state index is 0.0961. The fraction of sp³-hybridized carbons (Fsp3) is 0.308. The molecule has 1 atom stereocenters. The lowest BCUT2D eigenvalue weighted by atomic mass is 9.99. The van der Waals surface area contributed by atoms with E-state index in [9.17, 15) is 0 Å². The Labute approximate surface area is 194 Å². The predicted molar refractivity (Wildman–Crippen MR) is 130 cm³/mol. The summed E-state index contributed by atoms with van der Waals surface area (Å²) in [6.45, 7) is 11.6. The number of aromatic nitrogens is 3. The number of methoxy groups -OCH3 is 1. The first-order chi connectivity index (χ1) is 16.0. The van der Waals surface area contributed by atoms with Gasteiger partial charge in [-0.25, -0.2) is 14.5 Å². The second-order valence-electron chi connectivity index (χ2n) is 8.64. The fourth-order valence-corrected chi connectivity index (χ4v) is 4.10. The Morgan fingerprint density at radius 3 is 2.67 bits per heavy atom. The first-order valence-corrected chi connectivity index (χ1v) is 11.1. The van der Waals surface area contributed by atoms with E-state index in [2.05, 4.69) is 29.0 Å². The van der Waals surface area contributed by atoms with Crippen LogP contribution in [-0.4, -0.2) is 27.8 Å². The second kappa shape index (κ2) is 9.70. The van der Waals surface area contributed by atoms with Crippen molar-refractivity contribution in [3.05, 3.63) is 88.7 Å². The summed E-state index contributed by atoms with van der Waals surface area (Å²) in [4.78, 5) is 8.50. The average molecular weight is 441 g/mol. The number of hydrogen-bond donors (Lipinski definition) is 1. The molecule has 1 heterocycles. The summed E-state index contributed by atoms with van der Waals surface area (Å²) >= 11 is 0. The highest BCUT2D eigenvalue weighted by atomic mass is 16.5. The molecule has 0 bridgehead atoms. The zero-order valence-electron chi connectivity index (χ0n) is 19.2. The average Bonchev–Trinajstić information content (AvgIpc) is 3.44. The third-order valence-corrected chi connectivity index (χ3v) is 5.71. The number of allylic oxidation sites excluding steroid dienone is 2. The molecule has 7 nitrogen and oxygen atoms in total. The molecule has 0 saturated heterocycles. The maximum atomic E-state index is 7.25. The number of rotatable bonds is 7. The van der Waals surface area contributed by atoms with E-state index in [0.29, 0.717) is 30.2 Å². The molecule has 2 aromatic carbocycles. The summed E-state index contributed by atoms with van der Waals surface area (Å²) in [6.07, 6.45) is 4.32. The first kappa shape index (κ1) is 22.3. The molecule has 0 amide bonds. The molecule has 0 spiro atoms. The van der Waals surface area contributed by atoms with Gasteiger partial charge in [0.2, 0.25) is 0 Å². The molecular weight excluding hydrogens is 412 g/mol. The van der Waals surface area contributed by atoms with E-state index in [4.69, 9.17) is 22.0 Å². The van der Waals surface area contributed by atoms with E-state index in [-0.39, 0.29) is 6.04 Å². The van der Waals surface area contributed by atoms with Gasteiger partial charge in [0.05, 0.1) is 31.1 Å². The Balaban J connectivity index is 1.71. The van der Waals surface area contributed by atoms with Gasteiger partial charge in [0.15, 0.2) is 5.69 Å². The molecule has 2 N–H and O–H groups in total. The zero-order valence-corrected chi connectivity index (χ0v) is 19.2. The van der Waals surface area contributed by atoms with E-state index >= 15 is 0 Å². The smallest absolute Gasteiger partial charge is 0.187 e. The monoisotopic (exact) mass is 440 g/mol. The van der Waals surface area contributed by atoms with E-state index < -0.39 is 0 Å². The molecule has 1 aliphatic carbocycles. The SMILES string of the molecule is [C-]#[N+]c1ccc(C(=Nc2ccccc2OC)C2=C(N)C[C@@H](n3cc(CC(C)C)nn3)C2)cc1. The van der Waals surface area contributed by atoms with Crippen LogP contribution in [0.5, 0.6) is 5.75 Å². The van der Waals surface area contributed by atoms with Crippen molar-refractivity contribution in [1.29, 1.82) is 0 Å². The van der Waals surface area contributed by atoms with Crippen LogP contribution in [0.3, 0.4) is 0 Å². The molecule has 1 aromatic heterocycles. The number of nitrogens with zero attached hydrogens (tertiary/aromatic N) is 5. The Morgan fingerprint density at radius 2 is 1.97 bits per heavy atom. The van der Waals surface area contributed by atoms with Crippen LogP contribution in [0.2, 0.25) is 0 Å². The van der Waals surface area contributed by atoms with Crippen LogP contribution in [0.25, 0.3) is 4.85 Å². The molecule has 7 heteroatoms. The van der Waals surface area contributed by atoms with Gasteiger partial charge < -0.3 is 10.5 Å². The van der Waals surface area contributed by atoms with Gasteiger partial charge in [-0.1, -0.05) is 55.5 Å². The van der Waals surface area contributed by atoms with Crippen molar-refractivity contribution in [3.63, 3.8) is 0 Å². The second-order valence-corrected chi connectivity index (χ2v) is 8.64. The number of nitrogens with two attached hydrogens (primary N) is 1. The van der Waals surface area contributed by atoms with Gasteiger partial charge >= 0.3 is 0 Å². The Kier molecular flexibility index (Phi) is 6.55. The number of benzene rings is 2. The summed E-state index contributed by atoms with van der Waals surface area (Å²) in [6, 6.07) is 15.2. The summed E-state index contributed by atoms with van der Waals surface area (Å²) in [5.41, 5.74) is 12.4. The van der Waals surface area contributed by atoms with Crippen LogP contribution in [0.1, 0.15) is 44.0 Å². The summed E-state index contributed by atoms with van der Waals surface area (Å²) in [5, 5.41) is 8.72. The van der Waals surface area contributed by atoms with Crippen LogP contribution in [0.4, 0.5) is 11.4 Å². The van der Waals surface area contributed by atoms with Crippen molar-refractivity contribution in [3.8, 4) is 5.75 Å². The summed E-state index contributed by atoms with van der Waals surface area (Å²) < 4.78 is 7.45. The Hall–Kier alpha value is -3.92. The van der Waals surface area contributed by atoms with Gasteiger partial charge in [0.25, 0.3) is 0 Å². The largest absolute Gasteiger partial charge is 0.494 e. The van der Waals surface area contributed by atoms with E-state index in [1.165, 1.54) is 0 Å². The van der Waals surface area contributed by atoms with Crippen LogP contribution in [0, 0.1) is 12.5 Å². The van der Waals surface area contributed by atoms with Crippen molar-refractivity contribution in [2.24, 2.45) is 16.6 Å². The van der Waals surface area contributed by atoms with Crippen molar-refractivity contribution < 1.29 is 4.74 Å². The van der Waals surface area contributed by atoms with Gasteiger partial charge in [0, 0.05) is 18.3 Å². The molecule has 3 aromatic rings. The molecule has 0 aliphatic heterocycles. The normalized spacial score (nSPS) is 16.3. The molecule has 0 unspecified atom stereocenters. The number of ether oxygens (including phenoxy) is 1. The van der Waals surface area contributed by atoms with Crippen LogP contribution < -0.4 is 10.5 Å².